The summed E-state index contributed by atoms with van der Waals surface area (Å²) in [5, 5.41) is 16.0. The van der Waals surface area contributed by atoms with Gasteiger partial charge in [-0.3, -0.25) is 0 Å². The van der Waals surface area contributed by atoms with Crippen LogP contribution in [0, 0.1) is 5.82 Å². The molecular formula is C22H18FN3O2S. The van der Waals surface area contributed by atoms with Gasteiger partial charge in [0.05, 0.1) is 5.56 Å². The molecule has 0 atom stereocenters. The zero-order chi connectivity index (χ0) is 20.4. The Bertz CT molecular complexity index is 1190. The molecule has 0 aliphatic heterocycles. The van der Waals surface area contributed by atoms with E-state index in [2.05, 4.69) is 15.3 Å². The highest BCUT2D eigenvalue weighted by molar-refractivity contribution is 7.16. The molecule has 0 radical (unpaired) electrons. The number of anilines is 1. The van der Waals surface area contributed by atoms with Gasteiger partial charge in [0, 0.05) is 29.4 Å². The van der Waals surface area contributed by atoms with E-state index in [1.165, 1.54) is 23.5 Å². The van der Waals surface area contributed by atoms with Crippen LogP contribution in [0.2, 0.25) is 0 Å². The van der Waals surface area contributed by atoms with Crippen molar-refractivity contribution in [2.24, 2.45) is 0 Å². The van der Waals surface area contributed by atoms with Crippen molar-refractivity contribution in [3.05, 3.63) is 76.5 Å². The molecule has 4 rings (SSSR count). The molecule has 7 heteroatoms. The van der Waals surface area contributed by atoms with Crippen molar-refractivity contribution in [3.63, 3.8) is 0 Å². The van der Waals surface area contributed by atoms with Crippen LogP contribution in [0.25, 0.3) is 21.6 Å². The number of thiophene rings is 1. The van der Waals surface area contributed by atoms with Crippen LogP contribution >= 0.6 is 11.3 Å². The molecule has 2 N–H and O–H groups in total. The third-order valence-electron chi connectivity index (χ3n) is 4.67. The molecule has 0 saturated carbocycles. The zero-order valence-corrected chi connectivity index (χ0v) is 16.5. The summed E-state index contributed by atoms with van der Waals surface area (Å²) in [5.74, 6) is -0.898. The van der Waals surface area contributed by atoms with Gasteiger partial charge in [0.2, 0.25) is 0 Å². The number of nitrogens with zero attached hydrogens (tertiary/aromatic N) is 2. The largest absolute Gasteiger partial charge is 0.478 e. The average molecular weight is 407 g/mol. The first-order chi connectivity index (χ1) is 14.0. The number of carbonyl (C=O) groups is 1. The van der Waals surface area contributed by atoms with Crippen LogP contribution in [-0.2, 0) is 13.0 Å². The van der Waals surface area contributed by atoms with Gasteiger partial charge in [0.25, 0.3) is 0 Å². The van der Waals surface area contributed by atoms with E-state index in [0.29, 0.717) is 29.9 Å². The van der Waals surface area contributed by atoms with E-state index in [1.54, 1.807) is 24.4 Å². The molecule has 29 heavy (non-hydrogen) atoms. The summed E-state index contributed by atoms with van der Waals surface area (Å²) in [7, 11) is 0. The third kappa shape index (κ3) is 3.95. The smallest absolute Gasteiger partial charge is 0.336 e. The van der Waals surface area contributed by atoms with Crippen molar-refractivity contribution in [2.45, 2.75) is 19.9 Å². The summed E-state index contributed by atoms with van der Waals surface area (Å²) in [4.78, 5) is 21.8. The van der Waals surface area contributed by atoms with Gasteiger partial charge in [-0.05, 0) is 53.3 Å². The first-order valence-electron chi connectivity index (χ1n) is 9.14. The third-order valence-corrected chi connectivity index (χ3v) is 5.50. The standard InChI is InChI=1S/C22H18FN3O2S/c1-2-14-9-17(24-11-13-3-5-16(23)6-4-13)10-18(19(14)22(27)28)20-25-12-15-7-8-29-21(15)26-20/h3-10,12,24H,2,11H2,1H3,(H,27,28). The maximum Gasteiger partial charge on any atom is 0.336 e. The van der Waals surface area contributed by atoms with Gasteiger partial charge in [-0.25, -0.2) is 19.2 Å². The summed E-state index contributed by atoms with van der Waals surface area (Å²) < 4.78 is 13.1. The van der Waals surface area contributed by atoms with Gasteiger partial charge < -0.3 is 10.4 Å². The van der Waals surface area contributed by atoms with Gasteiger partial charge in [0.1, 0.15) is 10.6 Å². The highest BCUT2D eigenvalue weighted by Crippen LogP contribution is 2.30. The molecule has 0 bridgehead atoms. The molecular weight excluding hydrogens is 389 g/mol. The second-order valence-electron chi connectivity index (χ2n) is 6.57. The Morgan fingerprint density at radius 1 is 1.21 bits per heavy atom. The maximum atomic E-state index is 13.1. The van der Waals surface area contributed by atoms with E-state index in [9.17, 15) is 14.3 Å². The minimum absolute atomic E-state index is 0.218. The van der Waals surface area contributed by atoms with Crippen LogP contribution in [0.1, 0.15) is 28.4 Å². The number of carboxylic acids is 1. The van der Waals surface area contributed by atoms with Crippen molar-refractivity contribution in [1.29, 1.82) is 0 Å². The Hall–Kier alpha value is -3.32. The van der Waals surface area contributed by atoms with E-state index in [-0.39, 0.29) is 11.4 Å². The van der Waals surface area contributed by atoms with Gasteiger partial charge >= 0.3 is 5.97 Å². The highest BCUT2D eigenvalue weighted by Gasteiger charge is 2.20. The van der Waals surface area contributed by atoms with Gasteiger partial charge in [-0.15, -0.1) is 11.3 Å². The lowest BCUT2D eigenvalue weighted by Crippen LogP contribution is -2.08. The minimum atomic E-state index is -1.00. The average Bonchev–Trinajstić information content (AvgIpc) is 3.20. The van der Waals surface area contributed by atoms with E-state index < -0.39 is 5.97 Å². The normalized spacial score (nSPS) is 11.0. The van der Waals surface area contributed by atoms with Gasteiger partial charge in [-0.1, -0.05) is 19.1 Å². The van der Waals surface area contributed by atoms with Crippen molar-refractivity contribution in [3.8, 4) is 11.4 Å². The summed E-state index contributed by atoms with van der Waals surface area (Å²) in [6.07, 6.45) is 2.27. The number of halogens is 1. The molecule has 2 aromatic heterocycles. The number of nitrogens with one attached hydrogen (secondary N) is 1. The number of aromatic carboxylic acids is 1. The zero-order valence-electron chi connectivity index (χ0n) is 15.6. The fraction of sp³-hybridized carbons (Fsp3) is 0.136. The van der Waals surface area contributed by atoms with E-state index >= 15 is 0 Å². The number of carboxylic acid groups (broad SMARTS) is 1. The molecule has 0 aliphatic rings. The van der Waals surface area contributed by atoms with Crippen LogP contribution in [0.4, 0.5) is 10.1 Å². The minimum Gasteiger partial charge on any atom is -0.478 e. The number of fused-ring (bicyclic) bond motifs is 1. The lowest BCUT2D eigenvalue weighted by molar-refractivity contribution is 0.0696. The van der Waals surface area contributed by atoms with Crippen LogP contribution in [-0.4, -0.2) is 21.0 Å². The molecule has 0 spiro atoms. The number of aromatic nitrogens is 2. The van der Waals surface area contributed by atoms with Crippen LogP contribution in [0.5, 0.6) is 0 Å². The Morgan fingerprint density at radius 3 is 2.72 bits per heavy atom. The summed E-state index contributed by atoms with van der Waals surface area (Å²) in [5.41, 5.74) is 3.08. The molecule has 0 unspecified atom stereocenters. The fourth-order valence-electron chi connectivity index (χ4n) is 3.20. The Labute approximate surface area is 170 Å². The van der Waals surface area contributed by atoms with E-state index in [4.69, 9.17) is 0 Å². The first kappa shape index (κ1) is 19.0. The molecule has 0 aliphatic carbocycles. The number of benzene rings is 2. The van der Waals surface area contributed by atoms with Crippen LogP contribution in [0.3, 0.4) is 0 Å². The summed E-state index contributed by atoms with van der Waals surface area (Å²) in [6.45, 7) is 2.40. The summed E-state index contributed by atoms with van der Waals surface area (Å²) >= 11 is 1.49. The highest BCUT2D eigenvalue weighted by atomic mass is 32.1. The molecule has 0 amide bonds. The van der Waals surface area contributed by atoms with Crippen LogP contribution < -0.4 is 5.32 Å². The molecule has 2 aromatic carbocycles. The lowest BCUT2D eigenvalue weighted by Gasteiger charge is -2.14. The molecule has 146 valence electrons. The first-order valence-corrected chi connectivity index (χ1v) is 10.0. The van der Waals surface area contributed by atoms with Gasteiger partial charge in [0.15, 0.2) is 5.82 Å². The Morgan fingerprint density at radius 2 is 2.00 bits per heavy atom. The number of aryl methyl sites for hydroxylation is 1. The lowest BCUT2D eigenvalue weighted by atomic mass is 9.97. The molecule has 4 aromatic rings. The second-order valence-corrected chi connectivity index (χ2v) is 7.47. The monoisotopic (exact) mass is 407 g/mol. The molecule has 0 saturated heterocycles. The fourth-order valence-corrected chi connectivity index (χ4v) is 3.94. The molecule has 5 nitrogen and oxygen atoms in total. The molecule has 0 fully saturated rings. The van der Waals surface area contributed by atoms with Crippen LogP contribution in [0.15, 0.2) is 54.0 Å². The Kier molecular flexibility index (Phi) is 5.22. The van der Waals surface area contributed by atoms with Crippen molar-refractivity contribution in [2.75, 3.05) is 5.32 Å². The van der Waals surface area contributed by atoms with Crippen molar-refractivity contribution >= 4 is 33.2 Å². The predicted octanol–water partition coefficient (Wildman–Crippen LogP) is 5.37. The summed E-state index contributed by atoms with van der Waals surface area (Å²) in [6, 6.07) is 11.8. The molecule has 2 heterocycles. The van der Waals surface area contributed by atoms with Crippen molar-refractivity contribution in [1.82, 2.24) is 9.97 Å². The Balaban J connectivity index is 1.76. The quantitative estimate of drug-likeness (QED) is 0.449. The maximum absolute atomic E-state index is 13.1. The topological polar surface area (TPSA) is 75.1 Å². The SMILES string of the molecule is CCc1cc(NCc2ccc(F)cc2)cc(-c2ncc3ccsc3n2)c1C(=O)O. The number of hydrogen-bond acceptors (Lipinski definition) is 5. The second kappa shape index (κ2) is 7.97. The van der Waals surface area contributed by atoms with E-state index in [0.717, 1.165) is 21.5 Å². The predicted molar refractivity (Wildman–Crippen MR) is 113 cm³/mol. The van der Waals surface area contributed by atoms with E-state index in [1.807, 2.05) is 24.4 Å². The number of hydrogen-bond donors (Lipinski definition) is 2. The number of rotatable bonds is 6. The van der Waals surface area contributed by atoms with Crippen molar-refractivity contribution < 1.29 is 14.3 Å². The van der Waals surface area contributed by atoms with Gasteiger partial charge in [-0.2, -0.15) is 0 Å².